The van der Waals surface area contributed by atoms with Crippen LogP contribution in [0, 0.1) is 0 Å². The van der Waals surface area contributed by atoms with E-state index < -0.39 is 5.91 Å². The molecule has 0 aliphatic carbocycles. The van der Waals surface area contributed by atoms with E-state index in [-0.39, 0.29) is 29.0 Å². The van der Waals surface area contributed by atoms with E-state index in [2.05, 4.69) is 16.0 Å². The Kier molecular flexibility index (Phi) is 7.30. The van der Waals surface area contributed by atoms with Crippen molar-refractivity contribution in [2.24, 2.45) is 0 Å². The van der Waals surface area contributed by atoms with Crippen molar-refractivity contribution in [1.82, 2.24) is 20.6 Å². The zero-order valence-corrected chi connectivity index (χ0v) is 18.4. The van der Waals surface area contributed by atoms with Gasteiger partial charge in [-0.15, -0.1) is 11.8 Å². The van der Waals surface area contributed by atoms with Crippen LogP contribution in [0.5, 0.6) is 5.75 Å². The fourth-order valence-corrected chi connectivity index (χ4v) is 3.59. The van der Waals surface area contributed by atoms with Crippen molar-refractivity contribution in [1.29, 1.82) is 0 Å². The molecule has 0 aliphatic rings. The average Bonchev–Trinajstić information content (AvgIpc) is 2.77. The minimum absolute atomic E-state index is 0.0726. The van der Waals surface area contributed by atoms with E-state index in [1.165, 1.54) is 16.4 Å². The Labute approximate surface area is 183 Å². The first-order valence-electron chi connectivity index (χ1n) is 9.87. The van der Waals surface area contributed by atoms with Crippen molar-refractivity contribution in [3.05, 3.63) is 64.6 Å². The third kappa shape index (κ3) is 5.43. The van der Waals surface area contributed by atoms with Gasteiger partial charge in [0.05, 0.1) is 23.8 Å². The second-order valence-corrected chi connectivity index (χ2v) is 7.98. The Morgan fingerprint density at radius 3 is 2.39 bits per heavy atom. The lowest BCUT2D eigenvalue weighted by Gasteiger charge is -2.13. The molecule has 2 N–H and O–H groups in total. The predicted octanol–water partition coefficient (Wildman–Crippen LogP) is 2.93. The van der Waals surface area contributed by atoms with E-state index in [9.17, 15) is 14.4 Å². The summed E-state index contributed by atoms with van der Waals surface area (Å²) in [6.45, 7) is 6.12. The van der Waals surface area contributed by atoms with Gasteiger partial charge in [-0.25, -0.2) is 4.68 Å². The average molecular weight is 441 g/mol. The van der Waals surface area contributed by atoms with Crippen LogP contribution >= 0.6 is 11.8 Å². The molecule has 1 heterocycles. The maximum absolute atomic E-state index is 12.7. The van der Waals surface area contributed by atoms with Gasteiger partial charge in [0, 0.05) is 10.3 Å². The zero-order chi connectivity index (χ0) is 22.4. The third-order valence-electron chi connectivity index (χ3n) is 4.35. The molecule has 31 heavy (non-hydrogen) atoms. The Morgan fingerprint density at radius 1 is 1.06 bits per heavy atom. The number of carbonyl (C=O) groups excluding carboxylic acids is 2. The number of nitrogens with one attached hydrogen (secondary N) is 2. The number of hydrazine groups is 1. The molecular weight excluding hydrogens is 416 g/mol. The maximum atomic E-state index is 12.7. The fraction of sp³-hybridized carbons (Fsp3) is 0.273. The number of hydrogen-bond acceptors (Lipinski definition) is 6. The Balaban J connectivity index is 1.65. The summed E-state index contributed by atoms with van der Waals surface area (Å²) in [5.41, 5.74) is 4.60. The standard InChI is InChI=1S/C22H24N4O4S/c1-4-30-15-9-11-16(12-10-15)31-13-19(27)23-24-21(28)20-17-7-5-6-8-18(17)22(29)26(25-20)14(2)3/h5-12,14H,4,13H2,1-3H3,(H,23,27)(H,24,28). The van der Waals surface area contributed by atoms with Gasteiger partial charge in [-0.1, -0.05) is 18.2 Å². The second-order valence-electron chi connectivity index (χ2n) is 6.93. The molecule has 0 aliphatic heterocycles. The van der Waals surface area contributed by atoms with Crippen LogP contribution in [0.1, 0.15) is 37.3 Å². The maximum Gasteiger partial charge on any atom is 0.290 e. The van der Waals surface area contributed by atoms with Crippen molar-refractivity contribution in [2.45, 2.75) is 31.7 Å². The third-order valence-corrected chi connectivity index (χ3v) is 5.36. The van der Waals surface area contributed by atoms with Crippen molar-refractivity contribution in [3.8, 4) is 5.75 Å². The van der Waals surface area contributed by atoms with Gasteiger partial charge in [-0.2, -0.15) is 5.10 Å². The molecule has 9 heteroatoms. The SMILES string of the molecule is CCOc1ccc(SCC(=O)NNC(=O)c2nn(C(C)C)c(=O)c3ccccc23)cc1. The van der Waals surface area contributed by atoms with Crippen molar-refractivity contribution in [2.75, 3.05) is 12.4 Å². The number of amides is 2. The number of benzene rings is 2. The molecule has 8 nitrogen and oxygen atoms in total. The molecule has 0 bridgehead atoms. The molecule has 0 unspecified atom stereocenters. The van der Waals surface area contributed by atoms with Crippen LogP contribution in [0.25, 0.3) is 10.8 Å². The number of fused-ring (bicyclic) bond motifs is 1. The summed E-state index contributed by atoms with van der Waals surface area (Å²) < 4.78 is 6.66. The molecule has 162 valence electrons. The molecule has 0 fully saturated rings. The van der Waals surface area contributed by atoms with Gasteiger partial charge in [0.15, 0.2) is 5.69 Å². The Bertz CT molecular complexity index is 1140. The number of ether oxygens (including phenoxy) is 1. The molecule has 0 saturated heterocycles. The first kappa shape index (κ1) is 22.4. The summed E-state index contributed by atoms with van der Waals surface area (Å²) in [6, 6.07) is 14.0. The van der Waals surface area contributed by atoms with Crippen LogP contribution in [0.4, 0.5) is 0 Å². The number of thioether (sulfide) groups is 1. The number of aromatic nitrogens is 2. The smallest absolute Gasteiger partial charge is 0.290 e. The number of carbonyl (C=O) groups is 2. The monoisotopic (exact) mass is 440 g/mol. The number of hydrogen-bond donors (Lipinski definition) is 2. The lowest BCUT2D eigenvalue weighted by molar-refractivity contribution is -0.119. The summed E-state index contributed by atoms with van der Waals surface area (Å²) in [5, 5.41) is 5.05. The molecule has 2 aromatic carbocycles. The van der Waals surface area contributed by atoms with Crippen molar-refractivity contribution < 1.29 is 14.3 Å². The number of rotatable bonds is 7. The lowest BCUT2D eigenvalue weighted by Crippen LogP contribution is -2.43. The van der Waals surface area contributed by atoms with Gasteiger partial charge < -0.3 is 4.74 Å². The van der Waals surface area contributed by atoms with Gasteiger partial charge in [0.25, 0.3) is 11.5 Å². The van der Waals surface area contributed by atoms with Crippen molar-refractivity contribution >= 4 is 34.3 Å². The number of nitrogens with zero attached hydrogens (tertiary/aromatic N) is 2. The van der Waals surface area contributed by atoms with E-state index in [4.69, 9.17) is 4.74 Å². The summed E-state index contributed by atoms with van der Waals surface area (Å²) in [5.74, 6) is -0.0711. The van der Waals surface area contributed by atoms with Crippen LogP contribution < -0.4 is 21.1 Å². The highest BCUT2D eigenvalue weighted by Gasteiger charge is 2.18. The van der Waals surface area contributed by atoms with Crippen LogP contribution in [0.3, 0.4) is 0 Å². The largest absolute Gasteiger partial charge is 0.494 e. The summed E-state index contributed by atoms with van der Waals surface area (Å²) in [4.78, 5) is 38.3. The molecule has 0 saturated carbocycles. The van der Waals surface area contributed by atoms with E-state index in [0.29, 0.717) is 17.4 Å². The van der Waals surface area contributed by atoms with Crippen LogP contribution in [0.15, 0.2) is 58.2 Å². The van der Waals surface area contributed by atoms with Gasteiger partial charge >= 0.3 is 0 Å². The van der Waals surface area contributed by atoms with Gasteiger partial charge in [0.2, 0.25) is 5.91 Å². The van der Waals surface area contributed by atoms with Gasteiger partial charge in [-0.3, -0.25) is 25.2 Å². The Hall–Kier alpha value is -3.33. The zero-order valence-electron chi connectivity index (χ0n) is 17.5. The highest BCUT2D eigenvalue weighted by Crippen LogP contribution is 2.21. The van der Waals surface area contributed by atoms with E-state index in [1.54, 1.807) is 24.3 Å². The van der Waals surface area contributed by atoms with Gasteiger partial charge in [-0.05, 0) is 51.1 Å². The molecular formula is C22H24N4O4S. The molecule has 3 aromatic rings. The molecule has 2 amide bonds. The van der Waals surface area contributed by atoms with E-state index in [0.717, 1.165) is 10.6 Å². The topological polar surface area (TPSA) is 102 Å². The summed E-state index contributed by atoms with van der Waals surface area (Å²) >= 11 is 1.33. The fourth-order valence-electron chi connectivity index (χ4n) is 2.89. The molecule has 0 atom stereocenters. The first-order chi connectivity index (χ1) is 14.9. The molecule has 0 spiro atoms. The van der Waals surface area contributed by atoms with Crippen LogP contribution in [-0.4, -0.2) is 34.0 Å². The summed E-state index contributed by atoms with van der Waals surface area (Å²) in [6.07, 6.45) is 0. The molecule has 0 radical (unpaired) electrons. The highest BCUT2D eigenvalue weighted by atomic mass is 32.2. The highest BCUT2D eigenvalue weighted by molar-refractivity contribution is 8.00. The molecule has 1 aromatic heterocycles. The second kappa shape index (κ2) is 10.1. The normalized spacial score (nSPS) is 10.8. The van der Waals surface area contributed by atoms with E-state index in [1.807, 2.05) is 45.0 Å². The van der Waals surface area contributed by atoms with Crippen molar-refractivity contribution in [3.63, 3.8) is 0 Å². The first-order valence-corrected chi connectivity index (χ1v) is 10.9. The van der Waals surface area contributed by atoms with E-state index >= 15 is 0 Å². The predicted molar refractivity (Wildman–Crippen MR) is 120 cm³/mol. The van der Waals surface area contributed by atoms with Crippen LogP contribution in [-0.2, 0) is 4.79 Å². The lowest BCUT2D eigenvalue weighted by atomic mass is 10.1. The van der Waals surface area contributed by atoms with Gasteiger partial charge in [0.1, 0.15) is 5.75 Å². The molecule has 3 rings (SSSR count). The minimum Gasteiger partial charge on any atom is -0.494 e. The minimum atomic E-state index is -0.593. The quantitative estimate of drug-likeness (QED) is 0.433. The summed E-state index contributed by atoms with van der Waals surface area (Å²) in [7, 11) is 0. The Morgan fingerprint density at radius 2 is 1.74 bits per heavy atom. The van der Waals surface area contributed by atoms with Crippen LogP contribution in [0.2, 0.25) is 0 Å².